The molecule has 12 heteroatoms. The van der Waals surface area contributed by atoms with Crippen molar-refractivity contribution in [3.63, 3.8) is 0 Å². The quantitative estimate of drug-likeness (QED) is 0.633. The zero-order chi connectivity index (χ0) is 16.3. The van der Waals surface area contributed by atoms with Crippen LogP contribution in [0.5, 0.6) is 0 Å². The van der Waals surface area contributed by atoms with Crippen molar-refractivity contribution in [2.75, 3.05) is 7.05 Å². The van der Waals surface area contributed by atoms with Crippen molar-refractivity contribution in [2.45, 2.75) is 24.4 Å². The topological polar surface area (TPSA) is 121 Å². The average Bonchev–Trinajstić information content (AvgIpc) is 2.85. The van der Waals surface area contributed by atoms with Gasteiger partial charge in [-0.25, -0.2) is 27.9 Å². The van der Waals surface area contributed by atoms with Crippen LogP contribution in [0, 0.1) is 0 Å². The molecule has 0 saturated carbocycles. The number of hydrogen-bond acceptors (Lipinski definition) is 6. The zero-order valence-electron chi connectivity index (χ0n) is 10.6. The predicted octanol–water partition coefficient (Wildman–Crippen LogP) is -0.379. The Labute approximate surface area is 117 Å². The highest BCUT2D eigenvalue weighted by molar-refractivity contribution is 7.89. The molecule has 3 N–H and O–H groups in total. The van der Waals surface area contributed by atoms with Gasteiger partial charge in [-0.3, -0.25) is 0 Å². The number of nitrogens with zero attached hydrogens (tertiary/aromatic N) is 2. The smallest absolute Gasteiger partial charge is 0.475 e. The average molecular weight is 328 g/mol. The van der Waals surface area contributed by atoms with Crippen LogP contribution in [0.4, 0.5) is 13.2 Å². The summed E-state index contributed by atoms with van der Waals surface area (Å²) in [5.41, 5.74) is 1.72. The summed E-state index contributed by atoms with van der Waals surface area (Å²) in [5.74, 6) is -2.76. The molecule has 8 nitrogen and oxygen atoms in total. The van der Waals surface area contributed by atoms with Crippen LogP contribution in [-0.4, -0.2) is 42.7 Å². The van der Waals surface area contributed by atoms with Crippen molar-refractivity contribution in [1.82, 2.24) is 20.0 Å². The molecule has 2 heterocycles. The second-order valence-corrected chi connectivity index (χ2v) is 5.52. The summed E-state index contributed by atoms with van der Waals surface area (Å²) in [7, 11) is -2.18. The lowest BCUT2D eigenvalue weighted by atomic mass is 10.3. The molecule has 0 saturated heterocycles. The van der Waals surface area contributed by atoms with E-state index in [-0.39, 0.29) is 5.16 Å². The van der Waals surface area contributed by atoms with Gasteiger partial charge in [0.1, 0.15) is 0 Å². The number of fused-ring (bicyclic) bond motifs is 1. The van der Waals surface area contributed by atoms with Gasteiger partial charge in [0.15, 0.2) is 0 Å². The number of aliphatic carboxylic acids is 1. The molecule has 0 amide bonds. The molecule has 21 heavy (non-hydrogen) atoms. The van der Waals surface area contributed by atoms with Crippen LogP contribution in [0.3, 0.4) is 0 Å². The molecule has 1 aliphatic heterocycles. The van der Waals surface area contributed by atoms with E-state index in [1.807, 2.05) is 0 Å². The third kappa shape index (κ3) is 4.61. The summed E-state index contributed by atoms with van der Waals surface area (Å²) in [6.45, 7) is 1.30. The van der Waals surface area contributed by atoms with Gasteiger partial charge in [0.2, 0.25) is 0 Å². The number of sulfonamides is 1. The van der Waals surface area contributed by atoms with Crippen LogP contribution in [-0.2, 0) is 27.9 Å². The summed E-state index contributed by atoms with van der Waals surface area (Å²) in [6, 6.07) is 0. The maximum absolute atomic E-state index is 11.3. The molecule has 0 aromatic carbocycles. The van der Waals surface area contributed by atoms with Crippen molar-refractivity contribution in [3.05, 3.63) is 17.5 Å². The maximum Gasteiger partial charge on any atom is 0.490 e. The van der Waals surface area contributed by atoms with E-state index in [0.29, 0.717) is 13.1 Å². The Bertz CT molecular complexity index is 632. The van der Waals surface area contributed by atoms with Crippen LogP contribution >= 0.6 is 0 Å². The summed E-state index contributed by atoms with van der Waals surface area (Å²) in [6.07, 6.45) is -3.54. The number of halogens is 3. The highest BCUT2D eigenvalue weighted by Gasteiger charge is 2.38. The number of carboxylic acid groups (broad SMARTS) is 1. The second-order valence-electron chi connectivity index (χ2n) is 3.74. The SMILES string of the molecule is CNS(=O)(=O)c1ncc2c(n1)CNC2.O=C(O)C(F)(F)F. The first-order valence-corrected chi connectivity index (χ1v) is 6.85. The fourth-order valence-electron chi connectivity index (χ4n) is 1.26. The number of hydrogen-bond donors (Lipinski definition) is 3. The van der Waals surface area contributed by atoms with Gasteiger partial charge in [0.05, 0.1) is 5.69 Å². The minimum absolute atomic E-state index is 0.164. The van der Waals surface area contributed by atoms with E-state index in [1.165, 1.54) is 7.05 Å². The van der Waals surface area contributed by atoms with E-state index in [1.54, 1.807) is 6.20 Å². The molecule has 0 fully saturated rings. The lowest BCUT2D eigenvalue weighted by molar-refractivity contribution is -0.192. The number of carbonyl (C=O) groups is 1. The minimum Gasteiger partial charge on any atom is -0.475 e. The Balaban J connectivity index is 0.000000270. The normalized spacial score (nSPS) is 14.1. The van der Waals surface area contributed by atoms with Gasteiger partial charge < -0.3 is 10.4 Å². The van der Waals surface area contributed by atoms with E-state index in [9.17, 15) is 21.6 Å². The largest absolute Gasteiger partial charge is 0.490 e. The Hall–Kier alpha value is -1.79. The third-order valence-corrected chi connectivity index (χ3v) is 3.51. The molecule has 1 aromatic rings. The van der Waals surface area contributed by atoms with Crippen molar-refractivity contribution in [2.24, 2.45) is 0 Å². The van der Waals surface area contributed by atoms with Gasteiger partial charge in [-0.2, -0.15) is 13.2 Å². The summed E-state index contributed by atoms with van der Waals surface area (Å²) >= 11 is 0. The molecular weight excluding hydrogens is 317 g/mol. The number of rotatable bonds is 2. The molecule has 0 radical (unpaired) electrons. The third-order valence-electron chi connectivity index (χ3n) is 2.29. The number of nitrogens with one attached hydrogen (secondary N) is 2. The minimum atomic E-state index is -5.08. The van der Waals surface area contributed by atoms with Crippen molar-refractivity contribution in [3.8, 4) is 0 Å². The summed E-state index contributed by atoms with van der Waals surface area (Å²) < 4.78 is 56.6. The number of alkyl halides is 3. The van der Waals surface area contributed by atoms with Crippen LogP contribution in [0.1, 0.15) is 11.3 Å². The van der Waals surface area contributed by atoms with Crippen molar-refractivity contribution < 1.29 is 31.5 Å². The molecule has 1 aromatic heterocycles. The molecule has 0 atom stereocenters. The van der Waals surface area contributed by atoms with Crippen LogP contribution in [0.15, 0.2) is 11.4 Å². The molecule has 0 unspecified atom stereocenters. The molecule has 2 rings (SSSR count). The highest BCUT2D eigenvalue weighted by Crippen LogP contribution is 2.13. The van der Waals surface area contributed by atoms with E-state index < -0.39 is 22.2 Å². The number of carboxylic acids is 1. The van der Waals surface area contributed by atoms with Crippen molar-refractivity contribution >= 4 is 16.0 Å². The summed E-state index contributed by atoms with van der Waals surface area (Å²) in [4.78, 5) is 16.7. The van der Waals surface area contributed by atoms with Gasteiger partial charge in [0, 0.05) is 24.8 Å². The Morgan fingerprint density at radius 1 is 1.43 bits per heavy atom. The van der Waals surface area contributed by atoms with Crippen LogP contribution in [0.2, 0.25) is 0 Å². The van der Waals surface area contributed by atoms with Gasteiger partial charge in [0.25, 0.3) is 15.2 Å². The van der Waals surface area contributed by atoms with E-state index in [4.69, 9.17) is 9.90 Å². The van der Waals surface area contributed by atoms with E-state index >= 15 is 0 Å². The molecule has 0 spiro atoms. The van der Waals surface area contributed by atoms with Gasteiger partial charge in [-0.05, 0) is 7.05 Å². The molecule has 0 bridgehead atoms. The molecule has 1 aliphatic rings. The fourth-order valence-corrected chi connectivity index (χ4v) is 1.87. The Morgan fingerprint density at radius 2 is 2.00 bits per heavy atom. The second kappa shape index (κ2) is 6.32. The first kappa shape index (κ1) is 17.3. The van der Waals surface area contributed by atoms with Crippen molar-refractivity contribution in [1.29, 1.82) is 0 Å². The Kier molecular flexibility index (Phi) is 5.20. The highest BCUT2D eigenvalue weighted by atomic mass is 32.2. The fraction of sp³-hybridized carbons (Fsp3) is 0.444. The zero-order valence-corrected chi connectivity index (χ0v) is 11.4. The lowest BCUT2D eigenvalue weighted by Crippen LogP contribution is -2.21. The maximum atomic E-state index is 11.3. The van der Waals surface area contributed by atoms with Crippen LogP contribution in [0.25, 0.3) is 0 Å². The first-order chi connectivity index (χ1) is 9.58. The lowest BCUT2D eigenvalue weighted by Gasteiger charge is -2.01. The summed E-state index contributed by atoms with van der Waals surface area (Å²) in [5, 5.41) is 10.0. The molecule has 118 valence electrons. The molecular formula is C9H11F3N4O4S. The van der Waals surface area contributed by atoms with Gasteiger partial charge >= 0.3 is 12.1 Å². The van der Waals surface area contributed by atoms with E-state index in [2.05, 4.69) is 20.0 Å². The monoisotopic (exact) mass is 328 g/mol. The standard InChI is InChI=1S/C7H10N4O2S.C2HF3O2/c1-8-14(12,13)7-10-3-5-2-9-4-6(5)11-7;3-2(4,5)1(6)7/h3,8-9H,2,4H2,1H3;(H,6,7). The predicted molar refractivity (Wildman–Crippen MR) is 62.5 cm³/mol. The van der Waals surface area contributed by atoms with E-state index in [0.717, 1.165) is 11.3 Å². The first-order valence-electron chi connectivity index (χ1n) is 5.37. The Morgan fingerprint density at radius 3 is 2.48 bits per heavy atom. The van der Waals surface area contributed by atoms with Gasteiger partial charge in [-0.1, -0.05) is 0 Å². The van der Waals surface area contributed by atoms with Gasteiger partial charge in [-0.15, -0.1) is 0 Å². The van der Waals surface area contributed by atoms with Crippen LogP contribution < -0.4 is 10.0 Å². The molecule has 0 aliphatic carbocycles. The number of aromatic nitrogens is 2.